The second kappa shape index (κ2) is 4.83. The molecule has 3 rings (SSSR count). The zero-order valence-corrected chi connectivity index (χ0v) is 13.3. The largest absolute Gasteiger partial charge is 0.495 e. The van der Waals surface area contributed by atoms with Crippen molar-refractivity contribution >= 4 is 29.3 Å². The Labute approximate surface area is 130 Å². The highest BCUT2D eigenvalue weighted by molar-refractivity contribution is 6.65. The predicted octanol–water partition coefficient (Wildman–Crippen LogP) is 2.24. The molecule has 0 unspecified atom stereocenters. The zero-order valence-electron chi connectivity index (χ0n) is 13.3. The van der Waals surface area contributed by atoms with Gasteiger partial charge in [0.15, 0.2) is 0 Å². The molecule has 1 fully saturated rings. The molecule has 2 aromatic carbocycles. The lowest BCUT2D eigenvalue weighted by molar-refractivity contribution is 0.00578. The summed E-state index contributed by atoms with van der Waals surface area (Å²) in [6.07, 6.45) is 0. The van der Waals surface area contributed by atoms with Crippen LogP contribution in [0.15, 0.2) is 36.4 Å². The third-order valence-electron chi connectivity index (χ3n) is 4.73. The first-order chi connectivity index (χ1) is 10.2. The maximum Gasteiger partial charge on any atom is 0.495 e. The summed E-state index contributed by atoms with van der Waals surface area (Å²) >= 11 is 0. The SMILES string of the molecule is CC1(C)OB(c2ccc(C(N)=O)c3ccccc23)OC1(C)C. The number of fused-ring (bicyclic) bond motifs is 1. The minimum Gasteiger partial charge on any atom is -0.399 e. The number of nitrogens with two attached hydrogens (primary N) is 1. The molecule has 4 nitrogen and oxygen atoms in total. The van der Waals surface area contributed by atoms with E-state index < -0.39 is 24.2 Å². The molecule has 0 radical (unpaired) electrons. The van der Waals surface area contributed by atoms with Crippen molar-refractivity contribution in [2.75, 3.05) is 0 Å². The minimum atomic E-state index is -0.461. The lowest BCUT2D eigenvalue weighted by Gasteiger charge is -2.32. The average molecular weight is 297 g/mol. The molecule has 1 heterocycles. The van der Waals surface area contributed by atoms with Crippen LogP contribution in [0.5, 0.6) is 0 Å². The molecular formula is C17H20BNO3. The standard InChI is InChI=1S/C17H20BNO3/c1-16(2)17(3,4)22-18(21-16)14-10-9-13(15(19)20)11-7-5-6-8-12(11)14/h5-10H,1-4H3,(H2,19,20). The van der Waals surface area contributed by atoms with Gasteiger partial charge in [0, 0.05) is 5.56 Å². The highest BCUT2D eigenvalue weighted by Gasteiger charge is 2.52. The van der Waals surface area contributed by atoms with E-state index in [9.17, 15) is 4.79 Å². The third kappa shape index (κ3) is 2.21. The third-order valence-corrected chi connectivity index (χ3v) is 4.73. The van der Waals surface area contributed by atoms with E-state index in [0.717, 1.165) is 16.2 Å². The summed E-state index contributed by atoms with van der Waals surface area (Å²) in [6, 6.07) is 11.3. The highest BCUT2D eigenvalue weighted by atomic mass is 16.7. The quantitative estimate of drug-likeness (QED) is 0.865. The van der Waals surface area contributed by atoms with E-state index in [1.165, 1.54) is 0 Å². The van der Waals surface area contributed by atoms with Gasteiger partial charge in [-0.15, -0.1) is 0 Å². The summed E-state index contributed by atoms with van der Waals surface area (Å²) in [7, 11) is -0.461. The Hall–Kier alpha value is -1.85. The summed E-state index contributed by atoms with van der Waals surface area (Å²) in [5.41, 5.74) is 6.09. The Kier molecular flexibility index (Phi) is 3.31. The smallest absolute Gasteiger partial charge is 0.399 e. The average Bonchev–Trinajstić information content (AvgIpc) is 2.65. The predicted molar refractivity (Wildman–Crippen MR) is 88.2 cm³/mol. The van der Waals surface area contributed by atoms with Gasteiger partial charge in [-0.25, -0.2) is 0 Å². The van der Waals surface area contributed by atoms with Crippen LogP contribution in [0.2, 0.25) is 0 Å². The van der Waals surface area contributed by atoms with Crippen LogP contribution in [-0.2, 0) is 9.31 Å². The van der Waals surface area contributed by atoms with Gasteiger partial charge in [-0.05, 0) is 50.0 Å². The van der Waals surface area contributed by atoms with E-state index >= 15 is 0 Å². The van der Waals surface area contributed by atoms with Crippen LogP contribution in [0.1, 0.15) is 38.1 Å². The number of benzene rings is 2. The Morgan fingerprint density at radius 3 is 2.05 bits per heavy atom. The van der Waals surface area contributed by atoms with Crippen LogP contribution in [-0.4, -0.2) is 24.2 Å². The molecule has 114 valence electrons. The molecule has 2 aromatic rings. The molecule has 0 aromatic heterocycles. The molecule has 0 atom stereocenters. The molecule has 2 N–H and O–H groups in total. The van der Waals surface area contributed by atoms with Gasteiger partial charge < -0.3 is 15.0 Å². The molecule has 5 heteroatoms. The van der Waals surface area contributed by atoms with Crippen LogP contribution in [0.3, 0.4) is 0 Å². The van der Waals surface area contributed by atoms with E-state index in [-0.39, 0.29) is 0 Å². The molecule has 0 bridgehead atoms. The van der Waals surface area contributed by atoms with Gasteiger partial charge in [0.25, 0.3) is 0 Å². The zero-order chi connectivity index (χ0) is 16.1. The van der Waals surface area contributed by atoms with E-state index in [1.54, 1.807) is 6.07 Å². The lowest BCUT2D eigenvalue weighted by Crippen LogP contribution is -2.41. The second-order valence-electron chi connectivity index (χ2n) is 6.70. The van der Waals surface area contributed by atoms with Gasteiger partial charge in [-0.1, -0.05) is 30.3 Å². The number of carbonyl (C=O) groups excluding carboxylic acids is 1. The summed E-state index contributed by atoms with van der Waals surface area (Å²) < 4.78 is 12.2. The first-order valence-electron chi connectivity index (χ1n) is 7.40. The molecular weight excluding hydrogens is 277 g/mol. The van der Waals surface area contributed by atoms with Gasteiger partial charge in [0.1, 0.15) is 0 Å². The fourth-order valence-electron chi connectivity index (χ4n) is 2.71. The Morgan fingerprint density at radius 2 is 1.50 bits per heavy atom. The van der Waals surface area contributed by atoms with Crippen molar-refractivity contribution in [2.24, 2.45) is 5.73 Å². The molecule has 1 saturated heterocycles. The number of primary amides is 1. The molecule has 1 aliphatic rings. The number of hydrogen-bond donors (Lipinski definition) is 1. The number of amides is 1. The van der Waals surface area contributed by atoms with Crippen LogP contribution >= 0.6 is 0 Å². The van der Waals surface area contributed by atoms with Crippen molar-refractivity contribution < 1.29 is 14.1 Å². The molecule has 0 saturated carbocycles. The molecule has 0 aliphatic carbocycles. The lowest BCUT2D eigenvalue weighted by atomic mass is 9.75. The van der Waals surface area contributed by atoms with E-state index in [0.29, 0.717) is 5.56 Å². The first-order valence-corrected chi connectivity index (χ1v) is 7.40. The summed E-state index contributed by atoms with van der Waals surface area (Å²) in [5.74, 6) is -0.434. The molecule has 0 spiro atoms. The van der Waals surface area contributed by atoms with Gasteiger partial charge in [0.05, 0.1) is 11.2 Å². The minimum absolute atomic E-state index is 0.402. The Balaban J connectivity index is 2.14. The fourth-order valence-corrected chi connectivity index (χ4v) is 2.71. The van der Waals surface area contributed by atoms with E-state index in [2.05, 4.69) is 0 Å². The van der Waals surface area contributed by atoms with Crippen molar-refractivity contribution in [1.29, 1.82) is 0 Å². The highest BCUT2D eigenvalue weighted by Crippen LogP contribution is 2.37. The van der Waals surface area contributed by atoms with Crippen molar-refractivity contribution in [1.82, 2.24) is 0 Å². The monoisotopic (exact) mass is 297 g/mol. The topological polar surface area (TPSA) is 61.5 Å². The van der Waals surface area contributed by atoms with E-state index in [4.69, 9.17) is 15.0 Å². The number of carbonyl (C=O) groups is 1. The molecule has 1 amide bonds. The number of hydrogen-bond acceptors (Lipinski definition) is 3. The maximum atomic E-state index is 11.6. The van der Waals surface area contributed by atoms with Crippen molar-refractivity contribution in [3.8, 4) is 0 Å². The van der Waals surface area contributed by atoms with E-state index in [1.807, 2.05) is 58.0 Å². The first kappa shape index (κ1) is 15.1. The van der Waals surface area contributed by atoms with Crippen LogP contribution < -0.4 is 11.2 Å². The van der Waals surface area contributed by atoms with Gasteiger partial charge in [-0.2, -0.15) is 0 Å². The Morgan fingerprint density at radius 1 is 0.955 bits per heavy atom. The van der Waals surface area contributed by atoms with Crippen molar-refractivity contribution in [3.05, 3.63) is 42.0 Å². The van der Waals surface area contributed by atoms with Gasteiger partial charge in [0.2, 0.25) is 5.91 Å². The van der Waals surface area contributed by atoms with Crippen molar-refractivity contribution in [3.63, 3.8) is 0 Å². The summed E-state index contributed by atoms with van der Waals surface area (Å²) in [6.45, 7) is 8.08. The van der Waals surface area contributed by atoms with Crippen molar-refractivity contribution in [2.45, 2.75) is 38.9 Å². The summed E-state index contributed by atoms with van der Waals surface area (Å²) in [5, 5.41) is 1.75. The van der Waals surface area contributed by atoms with Crippen LogP contribution in [0.25, 0.3) is 10.8 Å². The Bertz CT molecular complexity index is 739. The fraction of sp³-hybridized carbons (Fsp3) is 0.353. The van der Waals surface area contributed by atoms with Gasteiger partial charge in [-0.3, -0.25) is 4.79 Å². The molecule has 22 heavy (non-hydrogen) atoms. The number of rotatable bonds is 2. The molecule has 1 aliphatic heterocycles. The van der Waals surface area contributed by atoms with Crippen LogP contribution in [0.4, 0.5) is 0 Å². The maximum absolute atomic E-state index is 11.6. The normalized spacial score (nSPS) is 19.5. The summed E-state index contributed by atoms with van der Waals surface area (Å²) in [4.78, 5) is 11.6. The van der Waals surface area contributed by atoms with Gasteiger partial charge >= 0.3 is 7.12 Å². The second-order valence-corrected chi connectivity index (χ2v) is 6.70. The van der Waals surface area contributed by atoms with Crippen LogP contribution in [0, 0.1) is 0 Å².